The van der Waals surface area contributed by atoms with Crippen molar-refractivity contribution in [3.05, 3.63) is 58.5 Å². The molecule has 0 spiro atoms. The van der Waals surface area contributed by atoms with E-state index >= 15 is 0 Å². The molecule has 4 nitrogen and oxygen atoms in total. The zero-order valence-corrected chi connectivity index (χ0v) is 10.9. The number of aromatic amines is 1. The van der Waals surface area contributed by atoms with E-state index in [2.05, 4.69) is 27.4 Å². The highest BCUT2D eigenvalue weighted by molar-refractivity contribution is 7.99. The quantitative estimate of drug-likeness (QED) is 0.637. The Kier molecular flexibility index (Phi) is 4.55. The Labute approximate surface area is 110 Å². The summed E-state index contributed by atoms with van der Waals surface area (Å²) in [4.78, 5) is 18.0. The monoisotopic (exact) mass is 261 g/mol. The van der Waals surface area contributed by atoms with Crippen molar-refractivity contribution in [3.8, 4) is 0 Å². The van der Waals surface area contributed by atoms with Crippen LogP contribution in [0.4, 0.5) is 0 Å². The standard InChI is InChI=1S/C13H15N3OS/c1-14-11(10-5-3-2-4-6-10)9-18-13-15-8-7-12(17)16-13/h2-8,11,14H,9H2,1H3,(H,15,16,17). The van der Waals surface area contributed by atoms with Crippen LogP contribution in [0.2, 0.25) is 0 Å². The molecule has 0 aliphatic heterocycles. The minimum atomic E-state index is -0.117. The second-order valence-electron chi connectivity index (χ2n) is 3.80. The summed E-state index contributed by atoms with van der Waals surface area (Å²) in [5, 5.41) is 3.91. The average molecular weight is 261 g/mol. The molecular formula is C13H15N3OS. The topological polar surface area (TPSA) is 57.8 Å². The molecule has 0 amide bonds. The van der Waals surface area contributed by atoms with Crippen LogP contribution >= 0.6 is 11.8 Å². The minimum absolute atomic E-state index is 0.117. The third-order valence-corrected chi connectivity index (χ3v) is 3.57. The van der Waals surface area contributed by atoms with Crippen molar-refractivity contribution in [3.63, 3.8) is 0 Å². The molecule has 18 heavy (non-hydrogen) atoms. The average Bonchev–Trinajstić information content (AvgIpc) is 2.41. The molecular weight excluding hydrogens is 246 g/mol. The van der Waals surface area contributed by atoms with E-state index in [0.717, 1.165) is 5.75 Å². The van der Waals surface area contributed by atoms with E-state index in [-0.39, 0.29) is 11.6 Å². The third kappa shape index (κ3) is 3.45. The third-order valence-electron chi connectivity index (χ3n) is 2.58. The van der Waals surface area contributed by atoms with Crippen molar-refractivity contribution in [2.24, 2.45) is 0 Å². The molecule has 0 aliphatic rings. The maximum Gasteiger partial charge on any atom is 0.251 e. The molecule has 1 atom stereocenters. The van der Waals surface area contributed by atoms with Gasteiger partial charge in [-0.2, -0.15) is 0 Å². The summed E-state index contributed by atoms with van der Waals surface area (Å²) in [6.07, 6.45) is 1.53. The lowest BCUT2D eigenvalue weighted by molar-refractivity contribution is 0.661. The van der Waals surface area contributed by atoms with E-state index in [1.165, 1.54) is 29.6 Å². The normalized spacial score (nSPS) is 12.3. The molecule has 2 aromatic rings. The van der Waals surface area contributed by atoms with Crippen LogP contribution in [0.3, 0.4) is 0 Å². The zero-order valence-electron chi connectivity index (χ0n) is 10.1. The smallest absolute Gasteiger partial charge is 0.251 e. The maximum absolute atomic E-state index is 11.1. The number of thioether (sulfide) groups is 1. The number of hydrogen-bond donors (Lipinski definition) is 2. The van der Waals surface area contributed by atoms with Crippen LogP contribution in [-0.2, 0) is 0 Å². The second-order valence-corrected chi connectivity index (χ2v) is 4.81. The summed E-state index contributed by atoms with van der Waals surface area (Å²) >= 11 is 1.53. The SMILES string of the molecule is CNC(CSc1nccc(=O)[nH]1)c1ccccc1. The predicted octanol–water partition coefficient (Wildman–Crippen LogP) is 1.82. The summed E-state index contributed by atoms with van der Waals surface area (Å²) in [5.74, 6) is 0.813. The molecule has 2 rings (SSSR count). The Hall–Kier alpha value is -1.59. The zero-order chi connectivity index (χ0) is 12.8. The molecule has 5 heteroatoms. The highest BCUT2D eigenvalue weighted by atomic mass is 32.2. The van der Waals surface area contributed by atoms with Crippen molar-refractivity contribution in [1.82, 2.24) is 15.3 Å². The predicted molar refractivity (Wildman–Crippen MR) is 73.8 cm³/mol. The molecule has 1 heterocycles. The van der Waals surface area contributed by atoms with Gasteiger partial charge in [0.25, 0.3) is 5.56 Å². The lowest BCUT2D eigenvalue weighted by Crippen LogP contribution is -2.19. The van der Waals surface area contributed by atoms with Crippen LogP contribution in [-0.4, -0.2) is 22.8 Å². The Balaban J connectivity index is 2.02. The van der Waals surface area contributed by atoms with Gasteiger partial charge in [0.05, 0.1) is 0 Å². The molecule has 1 unspecified atom stereocenters. The fraction of sp³-hybridized carbons (Fsp3) is 0.231. The summed E-state index contributed by atoms with van der Waals surface area (Å²) < 4.78 is 0. The van der Waals surface area contributed by atoms with Gasteiger partial charge in [0.1, 0.15) is 0 Å². The summed E-state index contributed by atoms with van der Waals surface area (Å²) in [6, 6.07) is 11.9. The van der Waals surface area contributed by atoms with Gasteiger partial charge in [-0.3, -0.25) is 4.79 Å². The first-order chi connectivity index (χ1) is 8.79. The first-order valence-corrected chi connectivity index (χ1v) is 6.68. The molecule has 1 aromatic carbocycles. The van der Waals surface area contributed by atoms with Gasteiger partial charge >= 0.3 is 0 Å². The van der Waals surface area contributed by atoms with E-state index in [9.17, 15) is 4.79 Å². The first kappa shape index (κ1) is 12.9. The van der Waals surface area contributed by atoms with Crippen LogP contribution in [0.15, 0.2) is 52.5 Å². The number of hydrogen-bond acceptors (Lipinski definition) is 4. The van der Waals surface area contributed by atoms with Crippen LogP contribution in [0, 0.1) is 0 Å². The second kappa shape index (κ2) is 6.37. The molecule has 0 saturated heterocycles. The van der Waals surface area contributed by atoms with Crippen molar-refractivity contribution in [2.45, 2.75) is 11.2 Å². The maximum atomic E-state index is 11.1. The minimum Gasteiger partial charge on any atom is -0.312 e. The van der Waals surface area contributed by atoms with Crippen molar-refractivity contribution < 1.29 is 0 Å². The van der Waals surface area contributed by atoms with Crippen LogP contribution < -0.4 is 10.9 Å². The summed E-state index contributed by atoms with van der Waals surface area (Å²) in [5.41, 5.74) is 1.11. The van der Waals surface area contributed by atoms with E-state index < -0.39 is 0 Å². The van der Waals surface area contributed by atoms with Gasteiger partial charge < -0.3 is 10.3 Å². The molecule has 2 N–H and O–H groups in total. The first-order valence-electron chi connectivity index (χ1n) is 5.70. The lowest BCUT2D eigenvalue weighted by atomic mass is 10.1. The van der Waals surface area contributed by atoms with Gasteiger partial charge in [0.2, 0.25) is 0 Å². The van der Waals surface area contributed by atoms with Gasteiger partial charge in [0.15, 0.2) is 5.16 Å². The highest BCUT2D eigenvalue weighted by Gasteiger charge is 2.09. The number of rotatable bonds is 5. The van der Waals surface area contributed by atoms with Crippen molar-refractivity contribution in [1.29, 1.82) is 0 Å². The Morgan fingerprint density at radius 3 is 2.78 bits per heavy atom. The van der Waals surface area contributed by atoms with E-state index in [1.807, 2.05) is 25.2 Å². The number of benzene rings is 1. The van der Waals surface area contributed by atoms with Crippen molar-refractivity contribution in [2.75, 3.05) is 12.8 Å². The number of aromatic nitrogens is 2. The Morgan fingerprint density at radius 1 is 1.33 bits per heavy atom. The number of H-pyrrole nitrogens is 1. The number of nitrogens with one attached hydrogen (secondary N) is 2. The molecule has 1 aromatic heterocycles. The summed E-state index contributed by atoms with van der Waals surface area (Å²) in [6.45, 7) is 0. The molecule has 0 bridgehead atoms. The van der Waals surface area contributed by atoms with Gasteiger partial charge in [-0.05, 0) is 12.6 Å². The van der Waals surface area contributed by atoms with Gasteiger partial charge in [-0.1, -0.05) is 42.1 Å². The molecule has 0 fully saturated rings. The highest BCUT2D eigenvalue weighted by Crippen LogP contribution is 2.20. The fourth-order valence-electron chi connectivity index (χ4n) is 1.62. The largest absolute Gasteiger partial charge is 0.312 e. The Bertz CT molecular complexity index is 541. The number of nitrogens with zero attached hydrogens (tertiary/aromatic N) is 1. The van der Waals surface area contributed by atoms with E-state index in [4.69, 9.17) is 0 Å². The molecule has 0 radical (unpaired) electrons. The van der Waals surface area contributed by atoms with Gasteiger partial charge in [-0.25, -0.2) is 4.98 Å². The van der Waals surface area contributed by atoms with Gasteiger partial charge in [-0.15, -0.1) is 0 Å². The van der Waals surface area contributed by atoms with E-state index in [0.29, 0.717) is 5.16 Å². The van der Waals surface area contributed by atoms with E-state index in [1.54, 1.807) is 0 Å². The fourth-order valence-corrected chi connectivity index (χ4v) is 2.61. The van der Waals surface area contributed by atoms with Crippen LogP contribution in [0.1, 0.15) is 11.6 Å². The molecule has 94 valence electrons. The van der Waals surface area contributed by atoms with Gasteiger partial charge in [0, 0.05) is 24.1 Å². The van der Waals surface area contributed by atoms with Crippen LogP contribution in [0.5, 0.6) is 0 Å². The lowest BCUT2D eigenvalue weighted by Gasteiger charge is -2.15. The molecule has 0 saturated carbocycles. The van der Waals surface area contributed by atoms with Crippen molar-refractivity contribution >= 4 is 11.8 Å². The van der Waals surface area contributed by atoms with Crippen LogP contribution in [0.25, 0.3) is 0 Å². The molecule has 0 aliphatic carbocycles. The Morgan fingerprint density at radius 2 is 2.11 bits per heavy atom. The summed E-state index contributed by atoms with van der Waals surface area (Å²) in [7, 11) is 1.93.